The highest BCUT2D eigenvalue weighted by atomic mass is 16.5. The van der Waals surface area contributed by atoms with Gasteiger partial charge in [-0.25, -0.2) is 0 Å². The second kappa shape index (κ2) is 10.7. The molecule has 0 aliphatic carbocycles. The number of ether oxygens (including phenoxy) is 3. The number of nitrogens with two attached hydrogens (primary N) is 2. The summed E-state index contributed by atoms with van der Waals surface area (Å²) in [4.78, 5) is 0. The highest BCUT2D eigenvalue weighted by Gasteiger charge is 2.38. The second-order valence-corrected chi connectivity index (χ2v) is 11.1. The summed E-state index contributed by atoms with van der Waals surface area (Å²) in [6.45, 7) is 25.2. The molecule has 4 N–H and O–H groups in total. The van der Waals surface area contributed by atoms with Crippen LogP contribution in [0.1, 0.15) is 89.0 Å². The summed E-state index contributed by atoms with van der Waals surface area (Å²) in [5.74, 6) is 0.288. The van der Waals surface area contributed by atoms with Crippen LogP contribution in [-0.4, -0.2) is 48.7 Å². The van der Waals surface area contributed by atoms with Crippen molar-refractivity contribution in [2.45, 2.75) is 118 Å². The SMILES string of the molecule is CC(N)CC(C)(C)OCC(C)OCCC(C)(C)C(C)(C)OCC(C)C(C)(C)N. The molecule has 5 nitrogen and oxygen atoms in total. The van der Waals surface area contributed by atoms with E-state index in [1.54, 1.807) is 0 Å². The van der Waals surface area contributed by atoms with Gasteiger partial charge in [0.25, 0.3) is 0 Å². The molecule has 0 spiro atoms. The van der Waals surface area contributed by atoms with Gasteiger partial charge in [0.1, 0.15) is 0 Å². The largest absolute Gasteiger partial charge is 0.376 e. The van der Waals surface area contributed by atoms with Crippen molar-refractivity contribution in [2.24, 2.45) is 22.8 Å². The van der Waals surface area contributed by atoms with Crippen LogP contribution in [0, 0.1) is 11.3 Å². The molecule has 28 heavy (non-hydrogen) atoms. The number of hydrogen-bond donors (Lipinski definition) is 2. The Morgan fingerprint density at radius 3 is 1.82 bits per heavy atom. The van der Waals surface area contributed by atoms with E-state index in [0.29, 0.717) is 19.8 Å². The minimum atomic E-state index is -0.269. The minimum Gasteiger partial charge on any atom is -0.376 e. The van der Waals surface area contributed by atoms with Gasteiger partial charge in [-0.1, -0.05) is 20.8 Å². The van der Waals surface area contributed by atoms with E-state index >= 15 is 0 Å². The Balaban J connectivity index is 4.43. The summed E-state index contributed by atoms with van der Waals surface area (Å²) in [5.41, 5.74) is 11.3. The summed E-state index contributed by atoms with van der Waals surface area (Å²) in [7, 11) is 0. The molecule has 0 bridgehead atoms. The molecule has 0 radical (unpaired) electrons. The summed E-state index contributed by atoms with van der Waals surface area (Å²) in [6.07, 6.45) is 1.79. The van der Waals surface area contributed by atoms with Crippen molar-refractivity contribution in [2.75, 3.05) is 19.8 Å². The molecule has 0 fully saturated rings. The fourth-order valence-electron chi connectivity index (χ4n) is 2.79. The van der Waals surface area contributed by atoms with Crippen LogP contribution in [0.2, 0.25) is 0 Å². The van der Waals surface area contributed by atoms with Crippen LogP contribution in [-0.2, 0) is 14.2 Å². The van der Waals surface area contributed by atoms with Gasteiger partial charge in [-0.15, -0.1) is 0 Å². The monoisotopic (exact) mass is 402 g/mol. The predicted molar refractivity (Wildman–Crippen MR) is 120 cm³/mol. The molecule has 0 aliphatic rings. The van der Waals surface area contributed by atoms with Crippen LogP contribution in [0.25, 0.3) is 0 Å². The fraction of sp³-hybridized carbons (Fsp3) is 1.00. The average molecular weight is 403 g/mol. The molecular formula is C23H50N2O3. The standard InChI is InChI=1S/C23H50N2O3/c1-17(22(8,9)25)15-28-23(10,11)20(4,5)12-13-26-19(3)16-27-21(6,7)14-18(2)24/h17-19H,12-16,24-25H2,1-11H3. The first-order valence-electron chi connectivity index (χ1n) is 10.8. The van der Waals surface area contributed by atoms with Crippen molar-refractivity contribution in [3.05, 3.63) is 0 Å². The molecule has 0 rings (SSSR count). The molecule has 0 saturated heterocycles. The van der Waals surface area contributed by atoms with E-state index in [4.69, 9.17) is 25.7 Å². The van der Waals surface area contributed by atoms with Crippen molar-refractivity contribution >= 4 is 0 Å². The first-order chi connectivity index (χ1) is 12.4. The lowest BCUT2D eigenvalue weighted by Crippen LogP contribution is -2.47. The summed E-state index contributed by atoms with van der Waals surface area (Å²) >= 11 is 0. The maximum Gasteiger partial charge on any atom is 0.0780 e. The summed E-state index contributed by atoms with van der Waals surface area (Å²) < 4.78 is 18.3. The van der Waals surface area contributed by atoms with Crippen molar-refractivity contribution < 1.29 is 14.2 Å². The lowest BCUT2D eigenvalue weighted by molar-refractivity contribution is -0.127. The van der Waals surface area contributed by atoms with Crippen molar-refractivity contribution in [1.29, 1.82) is 0 Å². The maximum atomic E-state index is 6.30. The Morgan fingerprint density at radius 2 is 1.36 bits per heavy atom. The lowest BCUT2D eigenvalue weighted by Gasteiger charge is -2.43. The third-order valence-electron chi connectivity index (χ3n) is 6.25. The highest BCUT2D eigenvalue weighted by Crippen LogP contribution is 2.37. The zero-order valence-corrected chi connectivity index (χ0v) is 20.6. The Hall–Kier alpha value is -0.200. The normalized spacial score (nSPS) is 17.5. The Labute approximate surface area is 175 Å². The van der Waals surface area contributed by atoms with E-state index in [9.17, 15) is 0 Å². The van der Waals surface area contributed by atoms with Crippen molar-refractivity contribution in [1.82, 2.24) is 0 Å². The fourth-order valence-corrected chi connectivity index (χ4v) is 2.79. The topological polar surface area (TPSA) is 79.7 Å². The first-order valence-corrected chi connectivity index (χ1v) is 10.8. The van der Waals surface area contributed by atoms with E-state index in [-0.39, 0.29) is 40.2 Å². The average Bonchev–Trinajstić information content (AvgIpc) is 2.48. The minimum absolute atomic E-state index is 0.0275. The molecule has 0 saturated carbocycles. The summed E-state index contributed by atoms with van der Waals surface area (Å²) in [5, 5.41) is 0. The maximum absolute atomic E-state index is 6.30. The van der Waals surface area contributed by atoms with Crippen LogP contribution in [0.3, 0.4) is 0 Å². The van der Waals surface area contributed by atoms with E-state index in [1.807, 2.05) is 20.8 Å². The van der Waals surface area contributed by atoms with Crippen LogP contribution in [0.15, 0.2) is 0 Å². The van der Waals surface area contributed by atoms with Crippen LogP contribution >= 0.6 is 0 Å². The van der Waals surface area contributed by atoms with Crippen molar-refractivity contribution in [3.63, 3.8) is 0 Å². The van der Waals surface area contributed by atoms with Crippen LogP contribution in [0.5, 0.6) is 0 Å². The molecule has 0 aromatic carbocycles. The Morgan fingerprint density at radius 1 is 0.821 bits per heavy atom. The molecule has 5 heteroatoms. The Bertz CT molecular complexity index is 440. The molecule has 0 amide bonds. The van der Waals surface area contributed by atoms with E-state index in [2.05, 4.69) is 55.4 Å². The first kappa shape index (κ1) is 27.8. The van der Waals surface area contributed by atoms with Gasteiger partial charge in [0.15, 0.2) is 0 Å². The van der Waals surface area contributed by atoms with Crippen LogP contribution < -0.4 is 11.5 Å². The molecule has 3 unspecified atom stereocenters. The van der Waals surface area contributed by atoms with Gasteiger partial charge in [-0.2, -0.15) is 0 Å². The lowest BCUT2D eigenvalue weighted by atomic mass is 9.74. The quantitative estimate of drug-likeness (QED) is 0.447. The van der Waals surface area contributed by atoms with Gasteiger partial charge in [-0.05, 0) is 79.6 Å². The highest BCUT2D eigenvalue weighted by molar-refractivity contribution is 4.89. The predicted octanol–water partition coefficient (Wildman–Crippen LogP) is 4.51. The van der Waals surface area contributed by atoms with Gasteiger partial charge in [-0.3, -0.25) is 0 Å². The van der Waals surface area contributed by atoms with Gasteiger partial charge in [0.05, 0.1) is 30.5 Å². The molecule has 0 aromatic rings. The number of rotatable bonds is 14. The third kappa shape index (κ3) is 10.5. The van der Waals surface area contributed by atoms with Gasteiger partial charge in [0.2, 0.25) is 0 Å². The Kier molecular flexibility index (Phi) is 10.6. The van der Waals surface area contributed by atoms with E-state index in [0.717, 1.165) is 12.8 Å². The molecular weight excluding hydrogens is 352 g/mol. The third-order valence-corrected chi connectivity index (χ3v) is 6.25. The van der Waals surface area contributed by atoms with Gasteiger partial charge >= 0.3 is 0 Å². The van der Waals surface area contributed by atoms with E-state index < -0.39 is 0 Å². The second-order valence-electron chi connectivity index (χ2n) is 11.1. The zero-order valence-electron chi connectivity index (χ0n) is 20.6. The smallest absolute Gasteiger partial charge is 0.0780 e. The molecule has 170 valence electrons. The van der Waals surface area contributed by atoms with Gasteiger partial charge < -0.3 is 25.7 Å². The molecule has 3 atom stereocenters. The van der Waals surface area contributed by atoms with Crippen molar-refractivity contribution in [3.8, 4) is 0 Å². The molecule has 0 aromatic heterocycles. The zero-order chi connectivity index (χ0) is 22.4. The van der Waals surface area contributed by atoms with Gasteiger partial charge in [0, 0.05) is 18.2 Å². The molecule has 0 heterocycles. The number of hydrogen-bond acceptors (Lipinski definition) is 5. The van der Waals surface area contributed by atoms with Crippen LogP contribution in [0.4, 0.5) is 0 Å². The summed E-state index contributed by atoms with van der Waals surface area (Å²) in [6, 6.07) is 0.127. The molecule has 0 aliphatic heterocycles. The van der Waals surface area contributed by atoms with E-state index in [1.165, 1.54) is 0 Å².